The number of hydrogen-bond donors (Lipinski definition) is 1. The molecule has 1 aromatic carbocycles. The molecule has 20 heavy (non-hydrogen) atoms. The lowest BCUT2D eigenvalue weighted by molar-refractivity contribution is 0.197. The van der Waals surface area contributed by atoms with Gasteiger partial charge >= 0.3 is 0 Å². The van der Waals surface area contributed by atoms with Gasteiger partial charge < -0.3 is 15.4 Å². The molecule has 2 N–H and O–H groups in total. The van der Waals surface area contributed by atoms with E-state index in [9.17, 15) is 0 Å². The van der Waals surface area contributed by atoms with Gasteiger partial charge in [-0.15, -0.1) is 0 Å². The molecule has 112 valence electrons. The summed E-state index contributed by atoms with van der Waals surface area (Å²) in [7, 11) is 2.14. The molecule has 3 nitrogen and oxygen atoms in total. The predicted molar refractivity (Wildman–Crippen MR) is 92.9 cm³/mol. The van der Waals surface area contributed by atoms with E-state index in [1.165, 1.54) is 12.2 Å². The van der Waals surface area contributed by atoms with Crippen LogP contribution in [0.2, 0.25) is 0 Å². The number of thiocarbonyl (C=S) groups is 1. The molecule has 1 atom stereocenters. The summed E-state index contributed by atoms with van der Waals surface area (Å²) in [5.41, 5.74) is 6.43. The number of hydrogen-bond acceptors (Lipinski definition) is 4. The summed E-state index contributed by atoms with van der Waals surface area (Å²) < 4.78 is 5.74. The molecule has 1 aromatic rings. The molecule has 0 bridgehead atoms. The molecular weight excluding hydrogens is 288 g/mol. The molecule has 0 aromatic heterocycles. The van der Waals surface area contributed by atoms with Crippen molar-refractivity contribution in [2.75, 3.05) is 32.2 Å². The second-order valence-corrected chi connectivity index (χ2v) is 6.27. The Balaban J connectivity index is 2.31. The van der Waals surface area contributed by atoms with Gasteiger partial charge in [0.05, 0.1) is 0 Å². The van der Waals surface area contributed by atoms with E-state index in [0.29, 0.717) is 17.6 Å². The van der Waals surface area contributed by atoms with Crippen LogP contribution in [0, 0.1) is 0 Å². The number of rotatable bonds is 9. The Bertz CT molecular complexity index is 409. The van der Waals surface area contributed by atoms with Gasteiger partial charge in [-0.2, -0.15) is 11.8 Å². The van der Waals surface area contributed by atoms with Crippen molar-refractivity contribution in [3.63, 3.8) is 0 Å². The Hall–Kier alpha value is -0.780. The molecule has 0 aliphatic heterocycles. The van der Waals surface area contributed by atoms with Crippen LogP contribution in [0.4, 0.5) is 0 Å². The number of ether oxygens (including phenoxy) is 1. The number of nitrogens with two attached hydrogens (primary N) is 1. The summed E-state index contributed by atoms with van der Waals surface area (Å²) >= 11 is 6.81. The Kier molecular flexibility index (Phi) is 7.95. The van der Waals surface area contributed by atoms with E-state index in [4.69, 9.17) is 22.7 Å². The van der Waals surface area contributed by atoms with Crippen molar-refractivity contribution < 1.29 is 4.74 Å². The number of nitrogens with zero attached hydrogens (tertiary/aromatic N) is 1. The van der Waals surface area contributed by atoms with Crippen molar-refractivity contribution in [3.05, 3.63) is 29.8 Å². The van der Waals surface area contributed by atoms with Gasteiger partial charge in [-0.1, -0.05) is 12.2 Å². The minimum atomic E-state index is 0.416. The van der Waals surface area contributed by atoms with E-state index in [0.717, 1.165) is 17.9 Å². The van der Waals surface area contributed by atoms with Crippen LogP contribution in [0.15, 0.2) is 24.3 Å². The lowest BCUT2D eigenvalue weighted by Gasteiger charge is -2.24. The SMILES string of the molecule is CSCCC(C)N(C)CCOc1ccc(C(N)=S)cc1. The molecule has 0 aliphatic rings. The maximum Gasteiger partial charge on any atom is 0.119 e. The highest BCUT2D eigenvalue weighted by Gasteiger charge is 2.08. The first-order valence-electron chi connectivity index (χ1n) is 6.76. The van der Waals surface area contributed by atoms with Crippen molar-refractivity contribution in [2.45, 2.75) is 19.4 Å². The van der Waals surface area contributed by atoms with Gasteiger partial charge in [0.1, 0.15) is 17.3 Å². The highest BCUT2D eigenvalue weighted by Crippen LogP contribution is 2.12. The molecule has 0 saturated carbocycles. The molecule has 0 heterocycles. The van der Waals surface area contributed by atoms with E-state index < -0.39 is 0 Å². The van der Waals surface area contributed by atoms with Gasteiger partial charge in [0.2, 0.25) is 0 Å². The monoisotopic (exact) mass is 312 g/mol. The van der Waals surface area contributed by atoms with Crippen LogP contribution < -0.4 is 10.5 Å². The highest BCUT2D eigenvalue weighted by atomic mass is 32.2. The Labute approximate surface area is 131 Å². The Morgan fingerprint density at radius 2 is 2.05 bits per heavy atom. The van der Waals surface area contributed by atoms with E-state index in [2.05, 4.69) is 25.1 Å². The third-order valence-electron chi connectivity index (χ3n) is 3.34. The largest absolute Gasteiger partial charge is 0.492 e. The summed E-state index contributed by atoms with van der Waals surface area (Å²) in [6, 6.07) is 8.19. The fraction of sp³-hybridized carbons (Fsp3) is 0.533. The first-order chi connectivity index (χ1) is 9.54. The van der Waals surface area contributed by atoms with Crippen molar-refractivity contribution in [3.8, 4) is 5.75 Å². The van der Waals surface area contributed by atoms with E-state index >= 15 is 0 Å². The van der Waals surface area contributed by atoms with Gasteiger partial charge in [-0.3, -0.25) is 0 Å². The van der Waals surface area contributed by atoms with Crippen LogP contribution in [0.5, 0.6) is 5.75 Å². The minimum absolute atomic E-state index is 0.416. The van der Waals surface area contributed by atoms with E-state index in [1.54, 1.807) is 0 Å². The molecule has 0 radical (unpaired) electrons. The first kappa shape index (κ1) is 17.3. The average molecular weight is 313 g/mol. The fourth-order valence-corrected chi connectivity index (χ4v) is 2.46. The van der Waals surface area contributed by atoms with E-state index in [-0.39, 0.29) is 0 Å². The van der Waals surface area contributed by atoms with Crippen LogP contribution in [0.25, 0.3) is 0 Å². The molecule has 0 amide bonds. The molecule has 1 unspecified atom stereocenters. The summed E-state index contributed by atoms with van der Waals surface area (Å²) in [5, 5.41) is 0. The van der Waals surface area contributed by atoms with Gasteiger partial charge in [-0.25, -0.2) is 0 Å². The molecule has 0 saturated heterocycles. The fourth-order valence-electron chi connectivity index (χ4n) is 1.75. The number of likely N-dealkylation sites (N-methyl/N-ethyl adjacent to an activating group) is 1. The minimum Gasteiger partial charge on any atom is -0.492 e. The first-order valence-corrected chi connectivity index (χ1v) is 8.56. The molecule has 1 rings (SSSR count). The van der Waals surface area contributed by atoms with Crippen LogP contribution in [-0.4, -0.2) is 48.1 Å². The van der Waals surface area contributed by atoms with Crippen LogP contribution in [-0.2, 0) is 0 Å². The summed E-state index contributed by atoms with van der Waals surface area (Å²) in [5.74, 6) is 2.06. The maximum absolute atomic E-state index is 5.74. The molecule has 0 fully saturated rings. The average Bonchev–Trinajstić information content (AvgIpc) is 2.45. The van der Waals surface area contributed by atoms with Crippen LogP contribution in [0.3, 0.4) is 0 Å². The standard InChI is InChI=1S/C15H24N2OS2/c1-12(8-11-20-3)17(2)9-10-18-14-6-4-13(5-7-14)15(16)19/h4-7,12H,8-11H2,1-3H3,(H2,16,19). The summed E-state index contributed by atoms with van der Waals surface area (Å²) in [6.07, 6.45) is 3.35. The third-order valence-corrected chi connectivity index (χ3v) is 4.22. The smallest absolute Gasteiger partial charge is 0.119 e. The normalized spacial score (nSPS) is 12.4. The van der Waals surface area contributed by atoms with Crippen molar-refractivity contribution in [1.82, 2.24) is 4.90 Å². The Morgan fingerprint density at radius 1 is 1.40 bits per heavy atom. The van der Waals surface area contributed by atoms with Crippen molar-refractivity contribution >= 4 is 29.0 Å². The third kappa shape index (κ3) is 6.11. The number of benzene rings is 1. The van der Waals surface area contributed by atoms with Gasteiger partial charge in [0, 0.05) is 18.2 Å². The van der Waals surface area contributed by atoms with Crippen LogP contribution >= 0.6 is 24.0 Å². The molecule has 5 heteroatoms. The highest BCUT2D eigenvalue weighted by molar-refractivity contribution is 7.98. The Morgan fingerprint density at radius 3 is 2.60 bits per heavy atom. The summed E-state index contributed by atoms with van der Waals surface area (Å²) in [4.78, 5) is 2.75. The van der Waals surface area contributed by atoms with Gasteiger partial charge in [0.15, 0.2) is 0 Å². The quantitative estimate of drug-likeness (QED) is 0.710. The lowest BCUT2D eigenvalue weighted by atomic mass is 10.2. The molecule has 0 aliphatic carbocycles. The topological polar surface area (TPSA) is 38.5 Å². The van der Waals surface area contributed by atoms with E-state index in [1.807, 2.05) is 36.0 Å². The predicted octanol–water partition coefficient (Wildman–Crippen LogP) is 2.77. The van der Waals surface area contributed by atoms with Gasteiger partial charge in [-0.05, 0) is 56.7 Å². The van der Waals surface area contributed by atoms with Crippen LogP contribution in [0.1, 0.15) is 18.9 Å². The molecule has 0 spiro atoms. The second-order valence-electron chi connectivity index (χ2n) is 4.85. The zero-order chi connectivity index (χ0) is 15.0. The zero-order valence-electron chi connectivity index (χ0n) is 12.5. The summed E-state index contributed by atoms with van der Waals surface area (Å²) in [6.45, 7) is 3.87. The molecular formula is C15H24N2OS2. The second kappa shape index (κ2) is 9.21. The van der Waals surface area contributed by atoms with Gasteiger partial charge in [0.25, 0.3) is 0 Å². The van der Waals surface area contributed by atoms with Crippen molar-refractivity contribution in [2.24, 2.45) is 5.73 Å². The number of thioether (sulfide) groups is 1. The maximum atomic E-state index is 5.74. The van der Waals surface area contributed by atoms with Crippen molar-refractivity contribution in [1.29, 1.82) is 0 Å². The lowest BCUT2D eigenvalue weighted by Crippen LogP contribution is -2.33. The zero-order valence-corrected chi connectivity index (χ0v) is 14.1.